The van der Waals surface area contributed by atoms with E-state index in [0.29, 0.717) is 23.6 Å². The van der Waals surface area contributed by atoms with Crippen molar-refractivity contribution in [3.63, 3.8) is 0 Å². The van der Waals surface area contributed by atoms with Crippen LogP contribution < -0.4 is 0 Å². The van der Waals surface area contributed by atoms with Crippen molar-refractivity contribution in [2.24, 2.45) is 5.92 Å². The lowest BCUT2D eigenvalue weighted by molar-refractivity contribution is 0.447. The second-order valence-electron chi connectivity index (χ2n) is 6.78. The maximum atomic E-state index is 14.5. The molecule has 0 nitrogen and oxygen atoms in total. The lowest BCUT2D eigenvalue weighted by Gasteiger charge is -2.14. The van der Waals surface area contributed by atoms with Gasteiger partial charge in [-0.15, -0.1) is 0 Å². The highest BCUT2D eigenvalue weighted by atomic mass is 19.2. The average Bonchev–Trinajstić information content (AvgIpc) is 3.01. The third kappa shape index (κ3) is 3.55. The fourth-order valence-corrected chi connectivity index (χ4v) is 3.85. The van der Waals surface area contributed by atoms with Crippen molar-refractivity contribution in [3.8, 4) is 11.1 Å². The number of benzene rings is 2. The Balaban J connectivity index is 1.94. The van der Waals surface area contributed by atoms with Gasteiger partial charge in [-0.2, -0.15) is 0 Å². The molecule has 1 aliphatic rings. The summed E-state index contributed by atoms with van der Waals surface area (Å²) < 4.78 is 68.8. The number of rotatable bonds is 4. The topological polar surface area (TPSA) is 0 Å². The maximum Gasteiger partial charge on any atom is 0.194 e. The summed E-state index contributed by atoms with van der Waals surface area (Å²) in [6.45, 7) is 2.11. The molecule has 3 rings (SSSR count). The molecule has 2 unspecified atom stereocenters. The molecule has 0 aromatic heterocycles. The van der Waals surface area contributed by atoms with Gasteiger partial charge in [0, 0.05) is 0 Å². The van der Waals surface area contributed by atoms with Crippen LogP contribution in [0.25, 0.3) is 11.1 Å². The van der Waals surface area contributed by atoms with Crippen molar-refractivity contribution < 1.29 is 22.0 Å². The molecule has 0 aliphatic heterocycles. The van der Waals surface area contributed by atoms with Crippen LogP contribution >= 0.6 is 0 Å². The minimum absolute atomic E-state index is 0.0938. The number of hydrogen-bond acceptors (Lipinski definition) is 0. The zero-order valence-electron chi connectivity index (χ0n) is 13.9. The van der Waals surface area contributed by atoms with Crippen LogP contribution in [0.2, 0.25) is 0 Å². The Morgan fingerprint density at radius 3 is 2.00 bits per heavy atom. The SMILES string of the molecule is CCCC1CCC(c2cc(F)c(-c3cc(F)c(F)c(F)c3)c(F)c2)C1. The van der Waals surface area contributed by atoms with Gasteiger partial charge < -0.3 is 0 Å². The average molecular weight is 354 g/mol. The molecular formula is C20H19F5. The fourth-order valence-electron chi connectivity index (χ4n) is 3.85. The molecule has 25 heavy (non-hydrogen) atoms. The Morgan fingerprint density at radius 2 is 1.44 bits per heavy atom. The van der Waals surface area contributed by atoms with Crippen LogP contribution in [0.5, 0.6) is 0 Å². The van der Waals surface area contributed by atoms with Crippen molar-refractivity contribution in [3.05, 3.63) is 58.9 Å². The molecule has 2 atom stereocenters. The molecule has 0 radical (unpaired) electrons. The Hall–Kier alpha value is -1.91. The van der Waals surface area contributed by atoms with E-state index in [0.717, 1.165) is 32.1 Å². The van der Waals surface area contributed by atoms with Gasteiger partial charge in [-0.25, -0.2) is 22.0 Å². The van der Waals surface area contributed by atoms with E-state index in [-0.39, 0.29) is 11.5 Å². The van der Waals surface area contributed by atoms with E-state index in [1.165, 1.54) is 12.1 Å². The highest BCUT2D eigenvalue weighted by molar-refractivity contribution is 5.65. The predicted molar refractivity (Wildman–Crippen MR) is 86.7 cm³/mol. The lowest BCUT2D eigenvalue weighted by atomic mass is 9.92. The summed E-state index contributed by atoms with van der Waals surface area (Å²) >= 11 is 0. The van der Waals surface area contributed by atoms with E-state index < -0.39 is 34.6 Å². The normalized spacial score (nSPS) is 20.2. The molecule has 0 saturated heterocycles. The first-order valence-electron chi connectivity index (χ1n) is 8.54. The third-order valence-electron chi connectivity index (χ3n) is 5.05. The summed E-state index contributed by atoms with van der Waals surface area (Å²) in [6, 6.07) is 3.67. The predicted octanol–water partition coefficient (Wildman–Crippen LogP) is 6.73. The minimum Gasteiger partial charge on any atom is -0.206 e. The monoisotopic (exact) mass is 354 g/mol. The number of hydrogen-bond donors (Lipinski definition) is 0. The zero-order chi connectivity index (χ0) is 18.1. The first-order valence-corrected chi connectivity index (χ1v) is 8.54. The summed E-state index contributed by atoms with van der Waals surface area (Å²) in [5.41, 5.74) is -0.321. The van der Waals surface area contributed by atoms with E-state index in [4.69, 9.17) is 0 Å². The molecule has 2 aromatic carbocycles. The second kappa shape index (κ2) is 7.14. The first kappa shape index (κ1) is 17.9. The third-order valence-corrected chi connectivity index (χ3v) is 5.05. The first-order chi connectivity index (χ1) is 11.9. The summed E-state index contributed by atoms with van der Waals surface area (Å²) in [4.78, 5) is 0. The minimum atomic E-state index is -1.66. The summed E-state index contributed by atoms with van der Waals surface area (Å²) in [7, 11) is 0. The van der Waals surface area contributed by atoms with Gasteiger partial charge in [-0.3, -0.25) is 0 Å². The quantitative estimate of drug-likeness (QED) is 0.422. The van der Waals surface area contributed by atoms with Gasteiger partial charge >= 0.3 is 0 Å². The molecule has 0 heterocycles. The summed E-state index contributed by atoms with van der Waals surface area (Å²) in [5.74, 6) is -5.72. The highest BCUT2D eigenvalue weighted by Crippen LogP contribution is 2.41. The van der Waals surface area contributed by atoms with Crippen molar-refractivity contribution in [1.82, 2.24) is 0 Å². The van der Waals surface area contributed by atoms with Gasteiger partial charge in [0.2, 0.25) is 0 Å². The molecule has 0 spiro atoms. The summed E-state index contributed by atoms with van der Waals surface area (Å²) in [6.07, 6.45) is 5.00. The molecule has 0 bridgehead atoms. The standard InChI is InChI=1S/C20H19F5/c1-2-3-11-4-5-12(6-11)13-7-15(21)19(16(22)8-13)14-9-17(23)20(25)18(24)10-14/h7-12H,2-6H2,1H3. The Kier molecular flexibility index (Phi) is 5.11. The van der Waals surface area contributed by atoms with Crippen molar-refractivity contribution in [2.75, 3.05) is 0 Å². The van der Waals surface area contributed by atoms with Gasteiger partial charge in [0.15, 0.2) is 17.5 Å². The Morgan fingerprint density at radius 1 is 0.840 bits per heavy atom. The van der Waals surface area contributed by atoms with Gasteiger partial charge in [0.05, 0.1) is 5.56 Å². The molecular weight excluding hydrogens is 335 g/mol. The van der Waals surface area contributed by atoms with Crippen molar-refractivity contribution >= 4 is 0 Å². The molecule has 1 saturated carbocycles. The molecule has 2 aromatic rings. The fraction of sp³-hybridized carbons (Fsp3) is 0.400. The molecule has 134 valence electrons. The van der Waals surface area contributed by atoms with Crippen LogP contribution in [-0.4, -0.2) is 0 Å². The summed E-state index contributed by atoms with van der Waals surface area (Å²) in [5, 5.41) is 0. The molecule has 0 amide bonds. The largest absolute Gasteiger partial charge is 0.206 e. The van der Waals surface area contributed by atoms with Crippen molar-refractivity contribution in [2.45, 2.75) is 44.9 Å². The van der Waals surface area contributed by atoms with Gasteiger partial charge in [0.1, 0.15) is 11.6 Å². The highest BCUT2D eigenvalue weighted by Gasteiger charge is 2.27. The molecule has 5 heteroatoms. The second-order valence-corrected chi connectivity index (χ2v) is 6.78. The van der Waals surface area contributed by atoms with E-state index in [9.17, 15) is 22.0 Å². The van der Waals surface area contributed by atoms with Gasteiger partial charge in [0.25, 0.3) is 0 Å². The van der Waals surface area contributed by atoms with E-state index in [1.807, 2.05) is 0 Å². The van der Waals surface area contributed by atoms with Crippen LogP contribution in [0.1, 0.15) is 50.5 Å². The van der Waals surface area contributed by atoms with Crippen LogP contribution in [0.4, 0.5) is 22.0 Å². The smallest absolute Gasteiger partial charge is 0.194 e. The molecule has 1 aliphatic carbocycles. The van der Waals surface area contributed by atoms with E-state index in [2.05, 4.69) is 6.92 Å². The van der Waals surface area contributed by atoms with Crippen molar-refractivity contribution in [1.29, 1.82) is 0 Å². The van der Waals surface area contributed by atoms with Crippen LogP contribution in [0.3, 0.4) is 0 Å². The van der Waals surface area contributed by atoms with Gasteiger partial charge in [-0.05, 0) is 66.5 Å². The molecule has 0 N–H and O–H groups in total. The molecule has 1 fully saturated rings. The Labute approximate surface area is 143 Å². The van der Waals surface area contributed by atoms with Crippen LogP contribution in [0, 0.1) is 35.0 Å². The van der Waals surface area contributed by atoms with Gasteiger partial charge in [-0.1, -0.05) is 19.8 Å². The van der Waals surface area contributed by atoms with E-state index >= 15 is 0 Å². The van der Waals surface area contributed by atoms with Crippen LogP contribution in [-0.2, 0) is 0 Å². The lowest BCUT2D eigenvalue weighted by Crippen LogP contribution is -2.01. The number of halogens is 5. The Bertz CT molecular complexity index is 738. The maximum absolute atomic E-state index is 14.5. The zero-order valence-corrected chi connectivity index (χ0v) is 13.9. The van der Waals surface area contributed by atoms with E-state index in [1.54, 1.807) is 0 Å². The van der Waals surface area contributed by atoms with Crippen LogP contribution in [0.15, 0.2) is 24.3 Å².